The molecular formula is C14H7F6NO2. The second-order valence-corrected chi connectivity index (χ2v) is 4.44. The van der Waals surface area contributed by atoms with E-state index in [1.54, 1.807) is 0 Å². The predicted octanol–water partition coefficient (Wildman–Crippen LogP) is 2.35. The number of fused-ring (bicyclic) bond motifs is 1. The summed E-state index contributed by atoms with van der Waals surface area (Å²) in [5.41, 5.74) is -2.15. The number of alkyl halides is 6. The van der Waals surface area contributed by atoms with E-state index in [0.29, 0.717) is 4.57 Å². The van der Waals surface area contributed by atoms with Gasteiger partial charge in [-0.1, -0.05) is 12.1 Å². The maximum absolute atomic E-state index is 12.6. The molecule has 0 aliphatic carbocycles. The molecule has 122 valence electrons. The minimum absolute atomic E-state index is 0.139. The lowest BCUT2D eigenvalue weighted by molar-refractivity contribution is -0.557. The van der Waals surface area contributed by atoms with E-state index < -0.39 is 29.6 Å². The average Bonchev–Trinajstić information content (AvgIpc) is 2.45. The Morgan fingerprint density at radius 1 is 0.913 bits per heavy atom. The normalized spacial score (nSPS) is 13.8. The van der Waals surface area contributed by atoms with Gasteiger partial charge in [-0.05, 0) is 12.1 Å². The number of para-hydroxylation sites is 1. The van der Waals surface area contributed by atoms with E-state index in [9.17, 15) is 36.2 Å². The molecule has 0 fully saturated rings. The Morgan fingerprint density at radius 2 is 1.48 bits per heavy atom. The van der Waals surface area contributed by atoms with Crippen LogP contribution in [0.3, 0.4) is 0 Å². The van der Waals surface area contributed by atoms with Gasteiger partial charge in [0, 0.05) is 17.5 Å². The van der Waals surface area contributed by atoms with Gasteiger partial charge < -0.3 is 5.11 Å². The minimum atomic E-state index is -5.62. The maximum atomic E-state index is 12.6. The summed E-state index contributed by atoms with van der Waals surface area (Å²) < 4.78 is 76.1. The van der Waals surface area contributed by atoms with Gasteiger partial charge in [0.1, 0.15) is 0 Å². The SMILES string of the molecule is O=C(C(=C([O-])C(F)(F)F)[n+]1cccc2ccccc21)C(F)(F)F. The average molecular weight is 335 g/mol. The first kappa shape index (κ1) is 16.8. The van der Waals surface area contributed by atoms with Crippen LogP contribution in [-0.4, -0.2) is 18.1 Å². The van der Waals surface area contributed by atoms with Crippen LogP contribution in [0.25, 0.3) is 16.6 Å². The number of hydrogen-bond acceptors (Lipinski definition) is 2. The summed E-state index contributed by atoms with van der Waals surface area (Å²) in [6, 6.07) is 8.02. The third-order valence-electron chi connectivity index (χ3n) is 2.89. The van der Waals surface area contributed by atoms with Crippen molar-refractivity contribution in [2.75, 3.05) is 0 Å². The fourth-order valence-corrected chi connectivity index (χ4v) is 1.95. The van der Waals surface area contributed by atoms with Crippen molar-refractivity contribution in [2.45, 2.75) is 12.4 Å². The molecule has 0 atom stereocenters. The molecule has 2 aromatic rings. The number of pyridine rings is 1. The van der Waals surface area contributed by atoms with E-state index >= 15 is 0 Å². The van der Waals surface area contributed by atoms with Crippen LogP contribution >= 0.6 is 0 Å². The highest BCUT2D eigenvalue weighted by Crippen LogP contribution is 2.29. The number of carbonyl (C=O) groups excluding carboxylic acids is 1. The Balaban J connectivity index is 2.85. The molecule has 0 amide bonds. The quantitative estimate of drug-likeness (QED) is 0.366. The molecule has 2 rings (SSSR count). The van der Waals surface area contributed by atoms with E-state index in [4.69, 9.17) is 0 Å². The van der Waals surface area contributed by atoms with Crippen LogP contribution < -0.4 is 9.67 Å². The third kappa shape index (κ3) is 3.27. The highest BCUT2D eigenvalue weighted by molar-refractivity contribution is 6.15. The first-order valence-corrected chi connectivity index (χ1v) is 6.03. The Hall–Kier alpha value is -2.58. The molecule has 0 radical (unpaired) electrons. The van der Waals surface area contributed by atoms with Crippen molar-refractivity contribution in [3.8, 4) is 0 Å². The number of allylic oxidation sites excluding steroid dienone is 2. The van der Waals surface area contributed by atoms with Gasteiger partial charge >= 0.3 is 18.1 Å². The number of Topliss-reactive ketones (excluding diaryl/α,β-unsaturated/α-hetero) is 1. The lowest BCUT2D eigenvalue weighted by Crippen LogP contribution is -2.46. The lowest BCUT2D eigenvalue weighted by atomic mass is 10.1. The Morgan fingerprint density at radius 3 is 2.04 bits per heavy atom. The number of halogens is 6. The summed E-state index contributed by atoms with van der Waals surface area (Å²) in [7, 11) is 0. The van der Waals surface area contributed by atoms with Crippen molar-refractivity contribution in [3.05, 3.63) is 48.4 Å². The molecule has 1 aromatic heterocycles. The number of aromatic nitrogens is 1. The first-order chi connectivity index (χ1) is 10.5. The summed E-state index contributed by atoms with van der Waals surface area (Å²) in [4.78, 5) is 11.4. The molecule has 9 heteroatoms. The van der Waals surface area contributed by atoms with E-state index in [-0.39, 0.29) is 10.9 Å². The van der Waals surface area contributed by atoms with Crippen molar-refractivity contribution in [3.63, 3.8) is 0 Å². The summed E-state index contributed by atoms with van der Waals surface area (Å²) in [5, 5.41) is 11.7. The molecular weight excluding hydrogens is 328 g/mol. The predicted molar refractivity (Wildman–Crippen MR) is 64.5 cm³/mol. The Kier molecular flexibility index (Phi) is 4.06. The Bertz CT molecular complexity index is 786. The standard InChI is InChI=1S/C14H7F6NO2/c15-13(16,17)11(22)10(12(23)14(18,19)20)21-7-3-5-8-4-1-2-6-9(8)21/h1-7H. The number of ketones is 1. The van der Waals surface area contributed by atoms with E-state index in [1.165, 1.54) is 30.3 Å². The molecule has 0 unspecified atom stereocenters. The number of carbonyl (C=O) groups is 1. The van der Waals surface area contributed by atoms with Crippen molar-refractivity contribution >= 4 is 22.4 Å². The molecule has 0 saturated carbocycles. The molecule has 0 spiro atoms. The van der Waals surface area contributed by atoms with E-state index in [2.05, 4.69) is 0 Å². The van der Waals surface area contributed by atoms with Gasteiger partial charge in [-0.15, -0.1) is 0 Å². The van der Waals surface area contributed by atoms with Crippen LogP contribution in [0, 0.1) is 0 Å². The second-order valence-electron chi connectivity index (χ2n) is 4.44. The van der Waals surface area contributed by atoms with Crippen molar-refractivity contribution in [1.29, 1.82) is 0 Å². The molecule has 0 saturated heterocycles. The van der Waals surface area contributed by atoms with Crippen LogP contribution in [0.1, 0.15) is 0 Å². The highest BCUT2D eigenvalue weighted by atomic mass is 19.4. The monoisotopic (exact) mass is 335 g/mol. The number of rotatable bonds is 2. The molecule has 1 aromatic carbocycles. The largest absolute Gasteiger partial charge is 0.865 e. The van der Waals surface area contributed by atoms with Gasteiger partial charge in [0.05, 0.1) is 5.76 Å². The number of hydrogen-bond donors (Lipinski definition) is 0. The zero-order valence-electron chi connectivity index (χ0n) is 11.1. The summed E-state index contributed by atoms with van der Waals surface area (Å²) in [6.45, 7) is 0. The Labute approximate surface area is 125 Å². The van der Waals surface area contributed by atoms with Gasteiger partial charge in [-0.2, -0.15) is 30.9 Å². The zero-order chi connectivity index (χ0) is 17.4. The number of benzene rings is 1. The van der Waals surface area contributed by atoms with Crippen molar-refractivity contribution in [1.82, 2.24) is 0 Å². The highest BCUT2D eigenvalue weighted by Gasteiger charge is 2.49. The van der Waals surface area contributed by atoms with Crippen LogP contribution in [-0.2, 0) is 4.79 Å². The van der Waals surface area contributed by atoms with Gasteiger partial charge in [-0.3, -0.25) is 4.79 Å². The summed E-state index contributed by atoms with van der Waals surface area (Å²) in [6.07, 6.45) is -10.5. The van der Waals surface area contributed by atoms with Crippen LogP contribution in [0.2, 0.25) is 0 Å². The van der Waals surface area contributed by atoms with Gasteiger partial charge in [0.2, 0.25) is 5.52 Å². The third-order valence-corrected chi connectivity index (χ3v) is 2.89. The lowest BCUT2D eigenvalue weighted by Gasteiger charge is -2.18. The molecule has 23 heavy (non-hydrogen) atoms. The zero-order valence-corrected chi connectivity index (χ0v) is 11.1. The fourth-order valence-electron chi connectivity index (χ4n) is 1.95. The minimum Gasteiger partial charge on any atom is -0.865 e. The van der Waals surface area contributed by atoms with Gasteiger partial charge in [-0.25, -0.2) is 0 Å². The van der Waals surface area contributed by atoms with Crippen molar-refractivity contribution < 1.29 is 40.8 Å². The molecule has 0 aliphatic rings. The second kappa shape index (κ2) is 5.56. The maximum Gasteiger partial charge on any atom is 0.461 e. The smallest absolute Gasteiger partial charge is 0.461 e. The van der Waals surface area contributed by atoms with Crippen LogP contribution in [0.5, 0.6) is 0 Å². The first-order valence-electron chi connectivity index (χ1n) is 6.03. The van der Waals surface area contributed by atoms with E-state index in [0.717, 1.165) is 12.3 Å². The number of nitrogens with zero attached hydrogens (tertiary/aromatic N) is 1. The molecule has 0 aliphatic heterocycles. The molecule has 3 nitrogen and oxygen atoms in total. The fraction of sp³-hybridized carbons (Fsp3) is 0.143. The topological polar surface area (TPSA) is 44.0 Å². The van der Waals surface area contributed by atoms with Gasteiger partial charge in [0.15, 0.2) is 6.20 Å². The van der Waals surface area contributed by atoms with Crippen molar-refractivity contribution in [2.24, 2.45) is 0 Å². The molecule has 0 N–H and O–H groups in total. The molecule has 0 bridgehead atoms. The van der Waals surface area contributed by atoms with E-state index in [1.807, 2.05) is 0 Å². The van der Waals surface area contributed by atoms with Crippen LogP contribution in [0.15, 0.2) is 48.4 Å². The van der Waals surface area contributed by atoms with Gasteiger partial charge in [0.25, 0.3) is 5.70 Å². The van der Waals surface area contributed by atoms with Crippen LogP contribution in [0.4, 0.5) is 26.3 Å². The summed E-state index contributed by atoms with van der Waals surface area (Å²) >= 11 is 0. The molecule has 1 heterocycles. The summed E-state index contributed by atoms with van der Waals surface area (Å²) in [5.74, 6) is -5.72.